The summed E-state index contributed by atoms with van der Waals surface area (Å²) in [6, 6.07) is 7.79. The summed E-state index contributed by atoms with van der Waals surface area (Å²) in [5, 5.41) is 0.644. The van der Waals surface area contributed by atoms with E-state index in [2.05, 4.69) is 6.58 Å². The lowest BCUT2D eigenvalue weighted by Gasteiger charge is -2.36. The average Bonchev–Trinajstić information content (AvgIpc) is 3.02. The fourth-order valence-electron chi connectivity index (χ4n) is 3.89. The van der Waals surface area contributed by atoms with Gasteiger partial charge in [0.2, 0.25) is 5.91 Å². The summed E-state index contributed by atoms with van der Waals surface area (Å²) in [5.74, 6) is -0.189. The van der Waals surface area contributed by atoms with Crippen molar-refractivity contribution in [3.05, 3.63) is 47.5 Å². The lowest BCUT2D eigenvalue weighted by molar-refractivity contribution is -0.138. The first-order chi connectivity index (χ1) is 12.1. The third kappa shape index (κ3) is 4.29. The molecule has 0 spiro atoms. The molecule has 2 fully saturated rings. The van der Waals surface area contributed by atoms with Crippen LogP contribution in [0.1, 0.15) is 49.3 Å². The van der Waals surface area contributed by atoms with Crippen LogP contribution in [-0.4, -0.2) is 28.5 Å². The van der Waals surface area contributed by atoms with Crippen molar-refractivity contribution in [1.82, 2.24) is 4.90 Å². The second kappa shape index (κ2) is 8.41. The minimum absolute atomic E-state index is 0.0977. The molecule has 1 saturated carbocycles. The number of hydrogen-bond donors (Lipinski definition) is 0. The highest BCUT2D eigenvalue weighted by atomic mass is 35.5. The summed E-state index contributed by atoms with van der Waals surface area (Å²) in [7, 11) is 0. The molecule has 3 rings (SSSR count). The number of thioether (sulfide) groups is 1. The smallest absolute Gasteiger partial charge is 0.228 e. The van der Waals surface area contributed by atoms with Gasteiger partial charge in [0.15, 0.2) is 5.12 Å². The monoisotopic (exact) mass is 377 g/mol. The predicted molar refractivity (Wildman–Crippen MR) is 104 cm³/mol. The summed E-state index contributed by atoms with van der Waals surface area (Å²) in [6.07, 6.45) is 7.82. The van der Waals surface area contributed by atoms with Crippen LogP contribution in [0, 0.1) is 5.92 Å². The largest absolute Gasteiger partial charge is 0.336 e. The molecule has 0 aromatic heterocycles. The van der Waals surface area contributed by atoms with Crippen molar-refractivity contribution in [3.63, 3.8) is 0 Å². The number of hydrogen-bond acceptors (Lipinski definition) is 3. The van der Waals surface area contributed by atoms with Crippen LogP contribution in [0.3, 0.4) is 0 Å². The molecule has 2 aliphatic rings. The molecule has 1 aromatic rings. The molecule has 1 heterocycles. The minimum atomic E-state index is -0.291. The SMILES string of the molecule is C=CCN(C(=O)[C@H]1CC(=O)SC1c1ccc(Cl)cc1)C1CCCCC1. The number of halogens is 1. The number of carbonyl (C=O) groups is 2. The molecular formula is C20H24ClNO2S. The van der Waals surface area contributed by atoms with Crippen LogP contribution in [0.25, 0.3) is 0 Å². The molecule has 1 aromatic carbocycles. The summed E-state index contributed by atoms with van der Waals surface area (Å²) >= 11 is 7.27. The summed E-state index contributed by atoms with van der Waals surface area (Å²) in [5.41, 5.74) is 1.00. The van der Waals surface area contributed by atoms with E-state index in [-0.39, 0.29) is 28.2 Å². The molecule has 1 unspecified atom stereocenters. The van der Waals surface area contributed by atoms with Crippen molar-refractivity contribution < 1.29 is 9.59 Å². The Morgan fingerprint density at radius 1 is 1.24 bits per heavy atom. The highest BCUT2D eigenvalue weighted by molar-refractivity contribution is 8.14. The Morgan fingerprint density at radius 2 is 1.92 bits per heavy atom. The Hall–Kier alpha value is -1.26. The first-order valence-electron chi connectivity index (χ1n) is 8.96. The number of benzene rings is 1. The van der Waals surface area contributed by atoms with Crippen LogP contribution in [0.4, 0.5) is 0 Å². The zero-order chi connectivity index (χ0) is 17.8. The van der Waals surface area contributed by atoms with Gasteiger partial charge >= 0.3 is 0 Å². The van der Waals surface area contributed by atoms with Crippen LogP contribution in [0.15, 0.2) is 36.9 Å². The molecule has 2 atom stereocenters. The van der Waals surface area contributed by atoms with Crippen molar-refractivity contribution in [2.75, 3.05) is 6.54 Å². The van der Waals surface area contributed by atoms with Crippen molar-refractivity contribution in [2.45, 2.75) is 49.8 Å². The molecule has 25 heavy (non-hydrogen) atoms. The van der Waals surface area contributed by atoms with E-state index >= 15 is 0 Å². The van der Waals surface area contributed by atoms with Gasteiger partial charge < -0.3 is 4.90 Å². The Morgan fingerprint density at radius 3 is 2.56 bits per heavy atom. The molecule has 0 radical (unpaired) electrons. The number of carbonyl (C=O) groups excluding carboxylic acids is 2. The van der Waals surface area contributed by atoms with Gasteiger partial charge in [-0.15, -0.1) is 6.58 Å². The molecular weight excluding hydrogens is 354 g/mol. The summed E-state index contributed by atoms with van der Waals surface area (Å²) in [6.45, 7) is 4.39. The third-order valence-electron chi connectivity index (χ3n) is 5.15. The molecule has 0 bridgehead atoms. The Bertz CT molecular complexity index is 640. The van der Waals surface area contributed by atoms with Gasteiger partial charge in [-0.1, -0.05) is 60.8 Å². The van der Waals surface area contributed by atoms with Gasteiger partial charge in [-0.05, 0) is 30.5 Å². The first-order valence-corrected chi connectivity index (χ1v) is 10.2. The first kappa shape index (κ1) is 18.5. The van der Waals surface area contributed by atoms with Gasteiger partial charge in [-0.2, -0.15) is 0 Å². The maximum Gasteiger partial charge on any atom is 0.228 e. The van der Waals surface area contributed by atoms with E-state index in [1.54, 1.807) is 6.08 Å². The van der Waals surface area contributed by atoms with E-state index in [0.29, 0.717) is 18.0 Å². The highest BCUT2D eigenvalue weighted by Gasteiger charge is 2.42. The maximum atomic E-state index is 13.3. The second-order valence-electron chi connectivity index (χ2n) is 6.84. The van der Waals surface area contributed by atoms with Crippen LogP contribution in [0.5, 0.6) is 0 Å². The fourth-order valence-corrected chi connectivity index (χ4v) is 5.25. The number of nitrogens with zero attached hydrogens (tertiary/aromatic N) is 1. The lowest BCUT2D eigenvalue weighted by atomic mass is 9.90. The van der Waals surface area contributed by atoms with E-state index in [0.717, 1.165) is 18.4 Å². The quantitative estimate of drug-likeness (QED) is 0.677. The predicted octanol–water partition coefficient (Wildman–Crippen LogP) is 5.01. The molecule has 5 heteroatoms. The van der Waals surface area contributed by atoms with Crippen molar-refractivity contribution in [3.8, 4) is 0 Å². The Labute approximate surface area is 158 Å². The number of rotatable bonds is 5. The zero-order valence-corrected chi connectivity index (χ0v) is 15.9. The standard InChI is InChI=1S/C20H24ClNO2S/c1-2-12-22(16-6-4-3-5-7-16)20(24)17-13-18(23)25-19(17)14-8-10-15(21)11-9-14/h2,8-11,16-17,19H,1,3-7,12-13H2/t17-,19?/m0/s1. The summed E-state index contributed by atoms with van der Waals surface area (Å²) in [4.78, 5) is 27.4. The van der Waals surface area contributed by atoms with Gasteiger partial charge in [-0.25, -0.2) is 0 Å². The van der Waals surface area contributed by atoms with Crippen LogP contribution < -0.4 is 0 Å². The second-order valence-corrected chi connectivity index (χ2v) is 8.48. The van der Waals surface area contributed by atoms with E-state index in [1.165, 1.54) is 31.0 Å². The number of amides is 1. The van der Waals surface area contributed by atoms with Gasteiger partial charge in [0, 0.05) is 29.3 Å². The van der Waals surface area contributed by atoms with E-state index in [4.69, 9.17) is 11.6 Å². The maximum absolute atomic E-state index is 13.3. The fraction of sp³-hybridized carbons (Fsp3) is 0.500. The molecule has 1 aliphatic heterocycles. The van der Waals surface area contributed by atoms with Gasteiger partial charge in [0.25, 0.3) is 0 Å². The van der Waals surface area contributed by atoms with Crippen molar-refractivity contribution >= 4 is 34.4 Å². The topological polar surface area (TPSA) is 37.4 Å². The molecule has 0 N–H and O–H groups in total. The van der Waals surface area contributed by atoms with Gasteiger partial charge in [0.05, 0.1) is 5.92 Å². The highest BCUT2D eigenvalue weighted by Crippen LogP contribution is 2.47. The van der Waals surface area contributed by atoms with E-state index in [1.807, 2.05) is 29.2 Å². The zero-order valence-electron chi connectivity index (χ0n) is 14.3. The molecule has 3 nitrogen and oxygen atoms in total. The summed E-state index contributed by atoms with van der Waals surface area (Å²) < 4.78 is 0. The van der Waals surface area contributed by atoms with Crippen LogP contribution in [0.2, 0.25) is 5.02 Å². The van der Waals surface area contributed by atoms with Crippen LogP contribution >= 0.6 is 23.4 Å². The van der Waals surface area contributed by atoms with Crippen molar-refractivity contribution in [1.29, 1.82) is 0 Å². The third-order valence-corrected chi connectivity index (χ3v) is 6.69. The average molecular weight is 378 g/mol. The molecule has 1 amide bonds. The van der Waals surface area contributed by atoms with E-state index in [9.17, 15) is 9.59 Å². The van der Waals surface area contributed by atoms with Gasteiger partial charge in [0.1, 0.15) is 0 Å². The lowest BCUT2D eigenvalue weighted by Crippen LogP contribution is -2.45. The normalized spacial score (nSPS) is 24.3. The van der Waals surface area contributed by atoms with Crippen LogP contribution in [-0.2, 0) is 9.59 Å². The Balaban J connectivity index is 1.82. The van der Waals surface area contributed by atoms with Gasteiger partial charge in [-0.3, -0.25) is 9.59 Å². The molecule has 1 aliphatic carbocycles. The van der Waals surface area contributed by atoms with E-state index < -0.39 is 0 Å². The molecule has 1 saturated heterocycles. The minimum Gasteiger partial charge on any atom is -0.336 e. The Kier molecular flexibility index (Phi) is 6.24. The molecule has 134 valence electrons. The van der Waals surface area contributed by atoms with Crippen molar-refractivity contribution in [2.24, 2.45) is 5.92 Å².